The number of benzene rings is 3. The Bertz CT molecular complexity index is 1600. The minimum Gasteiger partial charge on any atom is -0.481 e. The molecular weight excluding hydrogens is 559 g/mol. The van der Waals surface area contributed by atoms with Crippen LogP contribution in [0.15, 0.2) is 104 Å². The van der Waals surface area contributed by atoms with Crippen LogP contribution in [-0.4, -0.2) is 33.3 Å². The van der Waals surface area contributed by atoms with E-state index in [9.17, 15) is 9.59 Å². The third-order valence-electron chi connectivity index (χ3n) is 6.20. The van der Waals surface area contributed by atoms with Gasteiger partial charge in [-0.05, 0) is 70.9 Å². The second kappa shape index (κ2) is 13.7. The summed E-state index contributed by atoms with van der Waals surface area (Å²) in [6, 6.07) is 22.5. The van der Waals surface area contributed by atoms with Gasteiger partial charge in [-0.3, -0.25) is 14.3 Å². The number of carbonyl (C=O) groups excluding carboxylic acids is 1. The van der Waals surface area contributed by atoms with E-state index >= 15 is 0 Å². The summed E-state index contributed by atoms with van der Waals surface area (Å²) in [5, 5.41) is 17.3. The topological polar surface area (TPSA) is 110 Å². The van der Waals surface area contributed by atoms with E-state index in [1.165, 1.54) is 6.20 Å². The summed E-state index contributed by atoms with van der Waals surface area (Å²) >= 11 is 12.5. The van der Waals surface area contributed by atoms with Crippen LogP contribution in [-0.2, 0) is 11.3 Å². The number of hydrogen-bond donors (Lipinski definition) is 3. The largest absolute Gasteiger partial charge is 0.481 e. The standard InChI is InChI=1S/C32H28Cl2N4O3/c1-2-3-22(12-14-35)23-8-10-24(11-9-23)30-19-29(26-16-27(33)18-28(34)17-26)37-38(30)20-21-4-6-25(7-5-21)32(41)36-15-13-31(39)40/h2-12,14,16-19H,1,13,15,20,35H2,(H,36,41)(H,39,40)/b14-12-,22-3+. The highest BCUT2D eigenvalue weighted by Gasteiger charge is 2.14. The lowest BCUT2D eigenvalue weighted by atomic mass is 10.0. The number of carboxylic acid groups (broad SMARTS) is 1. The molecule has 0 saturated heterocycles. The Morgan fingerprint density at radius 2 is 1.61 bits per heavy atom. The van der Waals surface area contributed by atoms with Crippen molar-refractivity contribution in [1.82, 2.24) is 15.1 Å². The Labute approximate surface area is 248 Å². The molecule has 1 amide bonds. The summed E-state index contributed by atoms with van der Waals surface area (Å²) in [4.78, 5) is 23.0. The fourth-order valence-electron chi connectivity index (χ4n) is 4.24. The summed E-state index contributed by atoms with van der Waals surface area (Å²) in [6.45, 7) is 4.28. The van der Waals surface area contributed by atoms with Crippen molar-refractivity contribution in [3.63, 3.8) is 0 Å². The van der Waals surface area contributed by atoms with Gasteiger partial charge in [-0.25, -0.2) is 0 Å². The molecule has 208 valence electrons. The highest BCUT2D eigenvalue weighted by Crippen LogP contribution is 2.31. The zero-order valence-corrected chi connectivity index (χ0v) is 23.6. The Morgan fingerprint density at radius 1 is 0.951 bits per heavy atom. The van der Waals surface area contributed by atoms with Gasteiger partial charge in [-0.15, -0.1) is 0 Å². The van der Waals surface area contributed by atoms with Crippen LogP contribution in [0.25, 0.3) is 28.1 Å². The molecule has 4 N–H and O–H groups in total. The van der Waals surface area contributed by atoms with Gasteiger partial charge in [-0.2, -0.15) is 5.10 Å². The van der Waals surface area contributed by atoms with E-state index in [0.29, 0.717) is 27.8 Å². The van der Waals surface area contributed by atoms with Gasteiger partial charge in [0.05, 0.1) is 24.4 Å². The van der Waals surface area contributed by atoms with Crippen LogP contribution in [0.1, 0.15) is 27.9 Å². The number of aromatic nitrogens is 2. The highest BCUT2D eigenvalue weighted by atomic mass is 35.5. The number of nitrogens with zero attached hydrogens (tertiary/aromatic N) is 2. The SMILES string of the molecule is C=C/C=C(\C=C/N)c1ccc(-c2cc(-c3cc(Cl)cc(Cl)c3)nn2Cc2ccc(C(=O)NCCC(=O)O)cc2)cc1. The van der Waals surface area contributed by atoms with Gasteiger partial charge >= 0.3 is 5.97 Å². The predicted molar refractivity (Wildman–Crippen MR) is 165 cm³/mol. The molecule has 1 heterocycles. The fraction of sp³-hybridized carbons (Fsp3) is 0.0938. The summed E-state index contributed by atoms with van der Waals surface area (Å²) in [5.41, 5.74) is 12.2. The van der Waals surface area contributed by atoms with Crippen molar-refractivity contribution in [2.24, 2.45) is 5.73 Å². The zero-order chi connectivity index (χ0) is 29.4. The molecule has 0 radical (unpaired) electrons. The average molecular weight is 588 g/mol. The van der Waals surface area contributed by atoms with Gasteiger partial charge in [-0.1, -0.05) is 78.3 Å². The third-order valence-corrected chi connectivity index (χ3v) is 6.63. The molecule has 3 aromatic carbocycles. The first-order valence-electron chi connectivity index (χ1n) is 12.7. The van der Waals surface area contributed by atoms with Gasteiger partial charge in [0, 0.05) is 27.7 Å². The van der Waals surface area contributed by atoms with Crippen LogP contribution in [0, 0.1) is 0 Å². The first kappa shape index (κ1) is 29.4. The van der Waals surface area contributed by atoms with E-state index in [2.05, 4.69) is 11.9 Å². The molecule has 41 heavy (non-hydrogen) atoms. The number of aliphatic carboxylic acids is 1. The molecule has 9 heteroatoms. The Kier molecular flexibility index (Phi) is 9.79. The number of amides is 1. The van der Waals surface area contributed by atoms with Crippen LogP contribution in [0.4, 0.5) is 0 Å². The molecule has 0 bridgehead atoms. The quantitative estimate of drug-likeness (QED) is 0.167. The normalized spacial score (nSPS) is 11.5. The third kappa shape index (κ3) is 7.75. The minimum absolute atomic E-state index is 0.0645. The summed E-state index contributed by atoms with van der Waals surface area (Å²) in [6.07, 6.45) is 6.78. The smallest absolute Gasteiger partial charge is 0.305 e. The van der Waals surface area contributed by atoms with Crippen LogP contribution in [0.3, 0.4) is 0 Å². The number of allylic oxidation sites excluding steroid dienone is 4. The van der Waals surface area contributed by atoms with E-state index in [0.717, 1.165) is 33.5 Å². The number of rotatable bonds is 11. The van der Waals surface area contributed by atoms with E-state index in [-0.39, 0.29) is 18.9 Å². The summed E-state index contributed by atoms with van der Waals surface area (Å²) in [5.74, 6) is -1.29. The molecule has 4 aromatic rings. The maximum Gasteiger partial charge on any atom is 0.305 e. The predicted octanol–water partition coefficient (Wildman–Crippen LogP) is 6.82. The summed E-state index contributed by atoms with van der Waals surface area (Å²) < 4.78 is 1.89. The molecule has 0 aliphatic carbocycles. The van der Waals surface area contributed by atoms with Crippen molar-refractivity contribution in [1.29, 1.82) is 0 Å². The number of carboxylic acids is 1. The van der Waals surface area contributed by atoms with Crippen LogP contribution in [0.2, 0.25) is 10.0 Å². The Morgan fingerprint density at radius 3 is 2.22 bits per heavy atom. The molecule has 0 unspecified atom stereocenters. The van der Waals surface area contributed by atoms with Gasteiger partial charge in [0.15, 0.2) is 0 Å². The van der Waals surface area contributed by atoms with Gasteiger partial charge < -0.3 is 16.2 Å². The number of hydrogen-bond acceptors (Lipinski definition) is 4. The first-order chi connectivity index (χ1) is 19.8. The van der Waals surface area contributed by atoms with E-state index < -0.39 is 5.97 Å². The Hall–Kier alpha value is -4.59. The lowest BCUT2D eigenvalue weighted by Crippen LogP contribution is -2.25. The highest BCUT2D eigenvalue weighted by molar-refractivity contribution is 6.35. The summed E-state index contributed by atoms with van der Waals surface area (Å²) in [7, 11) is 0. The second-order valence-corrected chi connectivity index (χ2v) is 9.99. The van der Waals surface area contributed by atoms with Gasteiger partial charge in [0.2, 0.25) is 0 Å². The van der Waals surface area contributed by atoms with E-state index in [1.807, 2.05) is 71.4 Å². The number of halogens is 2. The van der Waals surface area contributed by atoms with Crippen molar-refractivity contribution in [3.05, 3.63) is 131 Å². The number of nitrogens with one attached hydrogen (secondary N) is 1. The maximum absolute atomic E-state index is 12.3. The van der Waals surface area contributed by atoms with Crippen LogP contribution >= 0.6 is 23.2 Å². The van der Waals surface area contributed by atoms with Crippen molar-refractivity contribution >= 4 is 40.7 Å². The van der Waals surface area contributed by atoms with Gasteiger partial charge in [0.1, 0.15) is 0 Å². The zero-order valence-electron chi connectivity index (χ0n) is 22.1. The molecule has 0 saturated carbocycles. The number of carbonyl (C=O) groups is 2. The Balaban J connectivity index is 1.66. The van der Waals surface area contributed by atoms with E-state index in [1.54, 1.807) is 24.3 Å². The molecule has 0 atom stereocenters. The minimum atomic E-state index is -0.967. The fourth-order valence-corrected chi connectivity index (χ4v) is 4.77. The molecular formula is C32H28Cl2N4O3. The molecule has 4 rings (SSSR count). The number of nitrogens with two attached hydrogens (primary N) is 1. The molecule has 0 aliphatic rings. The van der Waals surface area contributed by atoms with Crippen molar-refractivity contribution in [2.45, 2.75) is 13.0 Å². The lowest BCUT2D eigenvalue weighted by molar-refractivity contribution is -0.136. The molecule has 0 fully saturated rings. The second-order valence-electron chi connectivity index (χ2n) is 9.12. The van der Waals surface area contributed by atoms with Crippen molar-refractivity contribution in [3.8, 4) is 22.5 Å². The first-order valence-corrected chi connectivity index (χ1v) is 13.5. The molecule has 0 spiro atoms. The molecule has 1 aromatic heterocycles. The molecule has 7 nitrogen and oxygen atoms in total. The molecule has 0 aliphatic heterocycles. The lowest BCUT2D eigenvalue weighted by Gasteiger charge is -2.10. The monoisotopic (exact) mass is 586 g/mol. The van der Waals surface area contributed by atoms with Gasteiger partial charge in [0.25, 0.3) is 5.91 Å². The van der Waals surface area contributed by atoms with Crippen LogP contribution < -0.4 is 11.1 Å². The van der Waals surface area contributed by atoms with Crippen LogP contribution in [0.5, 0.6) is 0 Å². The average Bonchev–Trinajstić information content (AvgIpc) is 3.36. The van der Waals surface area contributed by atoms with Crippen molar-refractivity contribution in [2.75, 3.05) is 6.54 Å². The van der Waals surface area contributed by atoms with Crippen molar-refractivity contribution < 1.29 is 14.7 Å². The maximum atomic E-state index is 12.3. The van der Waals surface area contributed by atoms with E-state index in [4.69, 9.17) is 39.1 Å².